The molecule has 2 rings (SSSR count). The molecule has 8 heteroatoms. The molecule has 0 unspecified atom stereocenters. The number of nitrogens with one attached hydrogen (secondary N) is 2. The van der Waals surface area contributed by atoms with Gasteiger partial charge in [-0.25, -0.2) is 4.79 Å². The predicted octanol–water partition coefficient (Wildman–Crippen LogP) is 3.40. The third-order valence-corrected chi connectivity index (χ3v) is 3.91. The molecule has 0 saturated carbocycles. The standard InChI is InChI=1S/C23H26N2O6/c1-16(2)14-31-23(29)17-7-6-10-19(13-17)25-20(26)11-12-22(28)30-15-21(27)24-18-8-4-3-5-9-18/h3-10,13,16H,11-12,14-15H2,1-2H3,(H,24,27)(H,25,26). The average Bonchev–Trinajstić information content (AvgIpc) is 2.75. The monoisotopic (exact) mass is 426 g/mol. The summed E-state index contributed by atoms with van der Waals surface area (Å²) in [6.45, 7) is 3.74. The van der Waals surface area contributed by atoms with Crippen molar-refractivity contribution >= 4 is 35.1 Å². The van der Waals surface area contributed by atoms with Crippen molar-refractivity contribution in [2.45, 2.75) is 26.7 Å². The van der Waals surface area contributed by atoms with Crippen LogP contribution >= 0.6 is 0 Å². The summed E-state index contributed by atoms with van der Waals surface area (Å²) in [6.07, 6.45) is -0.304. The van der Waals surface area contributed by atoms with E-state index < -0.39 is 30.4 Å². The molecule has 0 aliphatic rings. The average molecular weight is 426 g/mol. The number of hydrogen-bond acceptors (Lipinski definition) is 6. The maximum absolute atomic E-state index is 12.1. The summed E-state index contributed by atoms with van der Waals surface area (Å²) in [6, 6.07) is 15.1. The minimum absolute atomic E-state index is 0.124. The molecule has 2 aromatic carbocycles. The zero-order chi connectivity index (χ0) is 22.6. The first-order valence-corrected chi connectivity index (χ1v) is 9.91. The van der Waals surface area contributed by atoms with E-state index in [-0.39, 0.29) is 18.8 Å². The summed E-state index contributed by atoms with van der Waals surface area (Å²) in [5.74, 6) is -1.80. The lowest BCUT2D eigenvalue weighted by Crippen LogP contribution is -2.21. The normalized spacial score (nSPS) is 10.3. The van der Waals surface area contributed by atoms with Gasteiger partial charge >= 0.3 is 11.9 Å². The molecule has 0 aromatic heterocycles. The first-order valence-electron chi connectivity index (χ1n) is 9.91. The Labute approximate surface area is 180 Å². The highest BCUT2D eigenvalue weighted by Gasteiger charge is 2.13. The lowest BCUT2D eigenvalue weighted by atomic mass is 10.2. The van der Waals surface area contributed by atoms with E-state index >= 15 is 0 Å². The van der Waals surface area contributed by atoms with Crippen LogP contribution in [0.5, 0.6) is 0 Å². The summed E-state index contributed by atoms with van der Waals surface area (Å²) >= 11 is 0. The Hall–Kier alpha value is -3.68. The van der Waals surface area contributed by atoms with Gasteiger partial charge in [0.05, 0.1) is 18.6 Å². The van der Waals surface area contributed by atoms with Crippen molar-refractivity contribution in [1.82, 2.24) is 0 Å². The van der Waals surface area contributed by atoms with Crippen molar-refractivity contribution in [2.24, 2.45) is 5.92 Å². The smallest absolute Gasteiger partial charge is 0.338 e. The number of para-hydroxylation sites is 1. The number of ether oxygens (including phenoxy) is 2. The second kappa shape index (κ2) is 12.1. The molecule has 0 saturated heterocycles. The summed E-state index contributed by atoms with van der Waals surface area (Å²) in [5, 5.41) is 5.21. The molecule has 0 heterocycles. The van der Waals surface area contributed by atoms with Crippen molar-refractivity contribution in [3.8, 4) is 0 Å². The number of esters is 2. The van der Waals surface area contributed by atoms with Gasteiger partial charge in [-0.3, -0.25) is 14.4 Å². The maximum Gasteiger partial charge on any atom is 0.338 e. The number of carbonyl (C=O) groups is 4. The van der Waals surface area contributed by atoms with Crippen molar-refractivity contribution in [3.05, 3.63) is 60.2 Å². The van der Waals surface area contributed by atoms with Crippen molar-refractivity contribution < 1.29 is 28.7 Å². The molecule has 0 radical (unpaired) electrons. The lowest BCUT2D eigenvalue weighted by molar-refractivity contribution is -0.147. The van der Waals surface area contributed by atoms with Gasteiger partial charge in [0, 0.05) is 17.8 Å². The topological polar surface area (TPSA) is 111 Å². The zero-order valence-electron chi connectivity index (χ0n) is 17.6. The van der Waals surface area contributed by atoms with Crippen molar-refractivity contribution in [3.63, 3.8) is 0 Å². The van der Waals surface area contributed by atoms with E-state index in [1.165, 1.54) is 6.07 Å². The Bertz CT molecular complexity index is 911. The second-order valence-electron chi connectivity index (χ2n) is 7.20. The van der Waals surface area contributed by atoms with E-state index in [9.17, 15) is 19.2 Å². The lowest BCUT2D eigenvalue weighted by Gasteiger charge is -2.09. The van der Waals surface area contributed by atoms with Crippen LogP contribution in [-0.4, -0.2) is 37.0 Å². The molecule has 2 amide bonds. The van der Waals surface area contributed by atoms with Crippen molar-refractivity contribution in [1.29, 1.82) is 0 Å². The Morgan fingerprint density at radius 3 is 2.19 bits per heavy atom. The van der Waals surface area contributed by atoms with Crippen LogP contribution in [0.1, 0.15) is 37.0 Å². The fourth-order valence-corrected chi connectivity index (χ4v) is 2.43. The molecule has 2 N–H and O–H groups in total. The van der Waals surface area contributed by atoms with Gasteiger partial charge in [-0.1, -0.05) is 38.1 Å². The highest BCUT2D eigenvalue weighted by atomic mass is 16.5. The third kappa shape index (κ3) is 9.12. The fourth-order valence-electron chi connectivity index (χ4n) is 2.43. The van der Waals surface area contributed by atoms with Crippen LogP contribution in [0.15, 0.2) is 54.6 Å². The van der Waals surface area contributed by atoms with Gasteiger partial charge in [-0.15, -0.1) is 0 Å². The number of benzene rings is 2. The van der Waals surface area contributed by atoms with Gasteiger partial charge in [0.1, 0.15) is 0 Å². The van der Waals surface area contributed by atoms with Crippen LogP contribution in [0.2, 0.25) is 0 Å². The zero-order valence-corrected chi connectivity index (χ0v) is 17.6. The van der Waals surface area contributed by atoms with Crippen LogP contribution in [0.25, 0.3) is 0 Å². The Morgan fingerprint density at radius 1 is 0.806 bits per heavy atom. The van der Waals surface area contributed by atoms with Gasteiger partial charge in [-0.05, 0) is 36.2 Å². The molecule has 0 bridgehead atoms. The molecule has 0 atom stereocenters. The SMILES string of the molecule is CC(C)COC(=O)c1cccc(NC(=O)CCC(=O)OCC(=O)Nc2ccccc2)c1. The molecular formula is C23H26N2O6. The summed E-state index contributed by atoms with van der Waals surface area (Å²) in [5.41, 5.74) is 1.33. The van der Waals surface area contributed by atoms with Gasteiger partial charge in [0.25, 0.3) is 5.91 Å². The molecule has 0 fully saturated rings. The van der Waals surface area contributed by atoms with Crippen LogP contribution in [0, 0.1) is 5.92 Å². The first-order chi connectivity index (χ1) is 14.8. The Morgan fingerprint density at radius 2 is 1.48 bits per heavy atom. The fraction of sp³-hybridized carbons (Fsp3) is 0.304. The highest BCUT2D eigenvalue weighted by Crippen LogP contribution is 2.13. The van der Waals surface area contributed by atoms with Gasteiger partial charge in [-0.2, -0.15) is 0 Å². The molecule has 31 heavy (non-hydrogen) atoms. The number of rotatable bonds is 10. The van der Waals surface area contributed by atoms with E-state index in [4.69, 9.17) is 9.47 Å². The summed E-state index contributed by atoms with van der Waals surface area (Å²) in [4.78, 5) is 47.6. The van der Waals surface area contributed by atoms with Gasteiger partial charge < -0.3 is 20.1 Å². The Balaban J connectivity index is 1.72. The summed E-state index contributed by atoms with van der Waals surface area (Å²) in [7, 11) is 0. The van der Waals surface area contributed by atoms with Crippen LogP contribution < -0.4 is 10.6 Å². The van der Waals surface area contributed by atoms with Gasteiger partial charge in [0.15, 0.2) is 6.61 Å². The summed E-state index contributed by atoms with van der Waals surface area (Å²) < 4.78 is 10.0. The minimum Gasteiger partial charge on any atom is -0.462 e. The molecular weight excluding hydrogens is 400 g/mol. The first kappa shape index (κ1) is 23.6. The predicted molar refractivity (Wildman–Crippen MR) is 115 cm³/mol. The minimum atomic E-state index is -0.663. The van der Waals surface area contributed by atoms with Gasteiger partial charge in [0.2, 0.25) is 5.91 Å². The van der Waals surface area contributed by atoms with Crippen molar-refractivity contribution in [2.75, 3.05) is 23.8 Å². The molecule has 2 aromatic rings. The van der Waals surface area contributed by atoms with E-state index in [1.54, 1.807) is 42.5 Å². The number of amides is 2. The highest BCUT2D eigenvalue weighted by molar-refractivity contribution is 5.96. The second-order valence-corrected chi connectivity index (χ2v) is 7.20. The molecule has 0 aliphatic heterocycles. The number of anilines is 2. The molecule has 8 nitrogen and oxygen atoms in total. The quantitative estimate of drug-likeness (QED) is 0.564. The molecule has 0 spiro atoms. The van der Waals surface area contributed by atoms with Crippen LogP contribution in [-0.2, 0) is 23.9 Å². The number of carbonyl (C=O) groups excluding carboxylic acids is 4. The van der Waals surface area contributed by atoms with Crippen LogP contribution in [0.3, 0.4) is 0 Å². The molecule has 164 valence electrons. The van der Waals surface area contributed by atoms with E-state index in [0.717, 1.165) is 0 Å². The Kier molecular flexibility index (Phi) is 9.22. The number of hydrogen-bond donors (Lipinski definition) is 2. The van der Waals surface area contributed by atoms with Crippen LogP contribution in [0.4, 0.5) is 11.4 Å². The largest absolute Gasteiger partial charge is 0.462 e. The molecule has 0 aliphatic carbocycles. The van der Waals surface area contributed by atoms with E-state index in [2.05, 4.69) is 10.6 Å². The third-order valence-electron chi connectivity index (χ3n) is 3.91. The van der Waals surface area contributed by atoms with E-state index in [0.29, 0.717) is 23.5 Å². The van der Waals surface area contributed by atoms with E-state index in [1.807, 2.05) is 19.9 Å². The maximum atomic E-state index is 12.1.